The van der Waals surface area contributed by atoms with Crippen molar-refractivity contribution in [2.75, 3.05) is 31.1 Å². The summed E-state index contributed by atoms with van der Waals surface area (Å²) in [6, 6.07) is 4.22. The maximum Gasteiger partial charge on any atom is 0.257 e. The number of carbonyl (C=O) groups is 1. The molecule has 0 aliphatic carbocycles. The van der Waals surface area contributed by atoms with Crippen LogP contribution in [0.3, 0.4) is 0 Å². The van der Waals surface area contributed by atoms with Crippen LogP contribution in [0.25, 0.3) is 0 Å². The van der Waals surface area contributed by atoms with Gasteiger partial charge in [-0.1, -0.05) is 0 Å². The Labute approximate surface area is 128 Å². The number of halogens is 2. The summed E-state index contributed by atoms with van der Waals surface area (Å²) >= 11 is 0. The highest BCUT2D eigenvalue weighted by Gasteiger charge is 2.33. The molecule has 2 aliphatic heterocycles. The van der Waals surface area contributed by atoms with Crippen molar-refractivity contribution in [1.29, 1.82) is 0 Å². The number of carbonyl (C=O) groups excluding carboxylic acids is 1. The van der Waals surface area contributed by atoms with Crippen LogP contribution >= 0.6 is 12.4 Å². The summed E-state index contributed by atoms with van der Waals surface area (Å²) in [4.78, 5) is 14.2. The Morgan fingerprint density at radius 2 is 2.29 bits per heavy atom. The molecule has 0 bridgehead atoms. The Balaban J connectivity index is 0.00000161. The maximum absolute atomic E-state index is 13.3. The molecule has 0 saturated carbocycles. The van der Waals surface area contributed by atoms with Crippen LogP contribution in [0.15, 0.2) is 18.2 Å². The second-order valence-corrected chi connectivity index (χ2v) is 5.05. The van der Waals surface area contributed by atoms with Crippen molar-refractivity contribution in [2.45, 2.75) is 19.1 Å². The summed E-state index contributed by atoms with van der Waals surface area (Å²) < 4.78 is 24.4. The fraction of sp³-hybridized carbons (Fsp3) is 0.500. The maximum atomic E-state index is 13.3. The molecule has 1 fully saturated rings. The molecule has 1 aromatic carbocycles. The van der Waals surface area contributed by atoms with E-state index >= 15 is 0 Å². The summed E-state index contributed by atoms with van der Waals surface area (Å²) in [7, 11) is 0. The van der Waals surface area contributed by atoms with E-state index in [2.05, 4.69) is 5.32 Å². The zero-order chi connectivity index (χ0) is 14.1. The predicted molar refractivity (Wildman–Crippen MR) is 78.7 cm³/mol. The van der Waals surface area contributed by atoms with Crippen molar-refractivity contribution in [1.82, 2.24) is 5.32 Å². The average molecular weight is 317 g/mol. The van der Waals surface area contributed by atoms with Gasteiger partial charge in [0.25, 0.3) is 5.91 Å². The minimum absolute atomic E-state index is 0. The molecule has 7 heteroatoms. The van der Waals surface area contributed by atoms with Crippen LogP contribution in [-0.2, 0) is 9.53 Å². The first-order valence-electron chi connectivity index (χ1n) is 6.75. The van der Waals surface area contributed by atoms with Gasteiger partial charge < -0.3 is 19.7 Å². The molecule has 1 N–H and O–H groups in total. The van der Waals surface area contributed by atoms with E-state index in [1.165, 1.54) is 12.1 Å². The molecule has 1 unspecified atom stereocenters. The zero-order valence-corrected chi connectivity index (χ0v) is 12.5. The minimum Gasteiger partial charge on any atom is -0.487 e. The third-order valence-electron chi connectivity index (χ3n) is 3.45. The molecule has 2 aliphatic rings. The molecule has 0 radical (unpaired) electrons. The number of nitrogens with zero attached hydrogens (tertiary/aromatic N) is 1. The number of ether oxygens (including phenoxy) is 2. The number of morpholine rings is 1. The van der Waals surface area contributed by atoms with Crippen LogP contribution in [0.1, 0.15) is 6.92 Å². The number of hydrogen-bond acceptors (Lipinski definition) is 4. The van der Waals surface area contributed by atoms with Gasteiger partial charge in [0.1, 0.15) is 23.8 Å². The highest BCUT2D eigenvalue weighted by Crippen LogP contribution is 2.34. The van der Waals surface area contributed by atoms with Gasteiger partial charge in [-0.15, -0.1) is 12.4 Å². The third-order valence-corrected chi connectivity index (χ3v) is 3.45. The monoisotopic (exact) mass is 316 g/mol. The molecule has 1 saturated heterocycles. The molecule has 3 rings (SSSR count). The molecule has 5 nitrogen and oxygen atoms in total. The van der Waals surface area contributed by atoms with Crippen molar-refractivity contribution in [2.24, 2.45) is 0 Å². The fourth-order valence-electron chi connectivity index (χ4n) is 2.52. The topological polar surface area (TPSA) is 50.8 Å². The lowest BCUT2D eigenvalue weighted by atomic mass is 10.1. The highest BCUT2D eigenvalue weighted by molar-refractivity contribution is 5.98. The van der Waals surface area contributed by atoms with Crippen molar-refractivity contribution in [3.8, 4) is 5.75 Å². The quantitative estimate of drug-likeness (QED) is 0.850. The molecule has 2 heterocycles. The molecule has 1 aromatic rings. The largest absolute Gasteiger partial charge is 0.487 e. The van der Waals surface area contributed by atoms with Crippen LogP contribution in [0.5, 0.6) is 5.75 Å². The first kappa shape index (κ1) is 16.0. The summed E-state index contributed by atoms with van der Waals surface area (Å²) in [5.41, 5.74) is 0.601. The van der Waals surface area contributed by atoms with E-state index in [9.17, 15) is 9.18 Å². The Bertz CT molecular complexity index is 523. The Kier molecular flexibility index (Phi) is 5.03. The van der Waals surface area contributed by atoms with Gasteiger partial charge in [-0.05, 0) is 19.1 Å². The number of fused-ring (bicyclic) bond motifs is 1. The van der Waals surface area contributed by atoms with Crippen LogP contribution in [0.4, 0.5) is 10.1 Å². The van der Waals surface area contributed by atoms with Gasteiger partial charge in [0.05, 0.1) is 18.8 Å². The van der Waals surface area contributed by atoms with E-state index in [1.54, 1.807) is 11.0 Å². The summed E-state index contributed by atoms with van der Waals surface area (Å²) in [6.45, 7) is 4.07. The van der Waals surface area contributed by atoms with Gasteiger partial charge in [-0.25, -0.2) is 4.39 Å². The smallest absolute Gasteiger partial charge is 0.257 e. The second-order valence-electron chi connectivity index (χ2n) is 5.05. The predicted octanol–water partition coefficient (Wildman–Crippen LogP) is 1.35. The molecule has 0 spiro atoms. The first-order chi connectivity index (χ1) is 9.65. The minimum atomic E-state index is -0.494. The van der Waals surface area contributed by atoms with Gasteiger partial charge in [0.15, 0.2) is 0 Å². The Morgan fingerprint density at radius 3 is 3.00 bits per heavy atom. The van der Waals surface area contributed by atoms with E-state index in [4.69, 9.17) is 9.47 Å². The van der Waals surface area contributed by atoms with Crippen molar-refractivity contribution in [3.63, 3.8) is 0 Å². The lowest BCUT2D eigenvalue weighted by Crippen LogP contribution is -2.52. The lowest BCUT2D eigenvalue weighted by molar-refractivity contribution is -0.131. The summed E-state index contributed by atoms with van der Waals surface area (Å²) in [5, 5.41) is 3.14. The van der Waals surface area contributed by atoms with Crippen molar-refractivity contribution < 1.29 is 18.7 Å². The highest BCUT2D eigenvalue weighted by atomic mass is 35.5. The SMILES string of the molecule is CC1CN(C(=O)[C@H]2CNCCO2)c2ccc(F)cc2O1.Cl. The van der Waals surface area contributed by atoms with Crippen LogP contribution in [0.2, 0.25) is 0 Å². The molecule has 116 valence electrons. The van der Waals surface area contributed by atoms with Crippen molar-refractivity contribution >= 4 is 24.0 Å². The van der Waals surface area contributed by atoms with Crippen molar-refractivity contribution in [3.05, 3.63) is 24.0 Å². The van der Waals surface area contributed by atoms with Gasteiger partial charge in [0.2, 0.25) is 0 Å². The van der Waals surface area contributed by atoms with E-state index in [1.807, 2.05) is 6.92 Å². The number of hydrogen-bond donors (Lipinski definition) is 1. The van der Waals surface area contributed by atoms with Gasteiger partial charge >= 0.3 is 0 Å². The van der Waals surface area contributed by atoms with E-state index < -0.39 is 6.10 Å². The number of rotatable bonds is 1. The van der Waals surface area contributed by atoms with E-state index in [0.717, 1.165) is 6.54 Å². The fourth-order valence-corrected chi connectivity index (χ4v) is 2.52. The Morgan fingerprint density at radius 1 is 1.48 bits per heavy atom. The number of anilines is 1. The molecule has 0 aromatic heterocycles. The summed E-state index contributed by atoms with van der Waals surface area (Å²) in [5.74, 6) is -0.0816. The molecule has 1 amide bonds. The third kappa shape index (κ3) is 3.28. The van der Waals surface area contributed by atoms with E-state index in [-0.39, 0.29) is 30.2 Å². The van der Waals surface area contributed by atoms with E-state index in [0.29, 0.717) is 31.1 Å². The lowest BCUT2D eigenvalue weighted by Gasteiger charge is -2.36. The van der Waals surface area contributed by atoms with Crippen LogP contribution in [-0.4, -0.2) is 44.4 Å². The van der Waals surface area contributed by atoms with Crippen LogP contribution < -0.4 is 15.0 Å². The van der Waals surface area contributed by atoms with Crippen LogP contribution in [0, 0.1) is 5.82 Å². The first-order valence-corrected chi connectivity index (χ1v) is 6.75. The Hall–Kier alpha value is -1.37. The molecule has 21 heavy (non-hydrogen) atoms. The average Bonchev–Trinajstić information content (AvgIpc) is 2.46. The summed E-state index contributed by atoms with van der Waals surface area (Å²) in [6.07, 6.45) is -0.670. The van der Waals surface area contributed by atoms with Gasteiger partial charge in [-0.3, -0.25) is 4.79 Å². The number of benzene rings is 1. The molecular weight excluding hydrogens is 299 g/mol. The molecular formula is C14H18ClFN2O3. The zero-order valence-electron chi connectivity index (χ0n) is 11.7. The molecule has 2 atom stereocenters. The normalized spacial score (nSPS) is 24.6. The standard InChI is InChI=1S/C14H17FN2O3.ClH/c1-9-8-17(14(18)13-7-16-4-5-19-13)11-3-2-10(15)6-12(11)20-9;/h2-3,6,9,13,16H,4-5,7-8H2,1H3;1H/t9?,13-;/m1./s1. The number of nitrogens with one attached hydrogen (secondary N) is 1. The van der Waals surface area contributed by atoms with Gasteiger partial charge in [-0.2, -0.15) is 0 Å². The number of amides is 1. The van der Waals surface area contributed by atoms with Gasteiger partial charge in [0, 0.05) is 19.2 Å². The second kappa shape index (κ2) is 6.60.